The van der Waals surface area contributed by atoms with Crippen LogP contribution in [0.4, 0.5) is 4.79 Å². The number of hydrogen-bond acceptors (Lipinski definition) is 2. The third-order valence-corrected chi connectivity index (χ3v) is 3.85. The van der Waals surface area contributed by atoms with Crippen LogP contribution in [0, 0.1) is 5.41 Å². The third-order valence-electron chi connectivity index (χ3n) is 3.85. The van der Waals surface area contributed by atoms with E-state index in [0.717, 1.165) is 12.8 Å². The first kappa shape index (κ1) is 17.5. The van der Waals surface area contributed by atoms with E-state index in [0.29, 0.717) is 19.5 Å². The van der Waals surface area contributed by atoms with Gasteiger partial charge in [-0.2, -0.15) is 0 Å². The van der Waals surface area contributed by atoms with Gasteiger partial charge < -0.3 is 15.3 Å². The van der Waals surface area contributed by atoms with Crippen molar-refractivity contribution in [2.24, 2.45) is 5.41 Å². The number of aliphatic carboxylic acids is 1. The van der Waals surface area contributed by atoms with Crippen molar-refractivity contribution in [1.29, 1.82) is 0 Å². The van der Waals surface area contributed by atoms with Gasteiger partial charge >= 0.3 is 12.0 Å². The van der Waals surface area contributed by atoms with Crippen molar-refractivity contribution in [2.75, 3.05) is 13.1 Å². The fourth-order valence-corrected chi connectivity index (χ4v) is 2.59. The molecule has 1 heterocycles. The zero-order valence-corrected chi connectivity index (χ0v) is 13.6. The lowest BCUT2D eigenvalue weighted by Gasteiger charge is -2.33. The number of carbonyl (C=O) groups excluding carboxylic acids is 1. The molecular weight excluding hydrogens is 268 g/mol. The van der Waals surface area contributed by atoms with Gasteiger partial charge in [0.05, 0.1) is 6.42 Å². The zero-order chi connectivity index (χ0) is 16.0. The Kier molecular flexibility index (Phi) is 6.24. The molecule has 0 aromatic heterocycles. The number of carboxylic acids is 1. The summed E-state index contributed by atoms with van der Waals surface area (Å²) in [7, 11) is 0. The molecule has 1 unspecified atom stereocenters. The van der Waals surface area contributed by atoms with Gasteiger partial charge in [-0.15, -0.1) is 0 Å². The number of nitrogens with zero attached hydrogens (tertiary/aromatic N) is 1. The topological polar surface area (TPSA) is 69.6 Å². The Morgan fingerprint density at radius 3 is 2.52 bits per heavy atom. The van der Waals surface area contributed by atoms with E-state index in [1.807, 2.05) is 6.92 Å². The van der Waals surface area contributed by atoms with Gasteiger partial charge in [0, 0.05) is 19.1 Å². The number of nitrogens with one attached hydrogen (secondary N) is 1. The van der Waals surface area contributed by atoms with E-state index >= 15 is 0 Å². The molecule has 0 aliphatic carbocycles. The Balaban J connectivity index is 2.56. The van der Waals surface area contributed by atoms with Crippen LogP contribution in [-0.2, 0) is 4.79 Å². The molecule has 1 atom stereocenters. The van der Waals surface area contributed by atoms with Gasteiger partial charge in [-0.1, -0.05) is 45.8 Å². The molecule has 0 radical (unpaired) electrons. The average molecular weight is 296 g/mol. The monoisotopic (exact) mass is 296 g/mol. The van der Waals surface area contributed by atoms with Crippen molar-refractivity contribution in [3.63, 3.8) is 0 Å². The largest absolute Gasteiger partial charge is 0.481 e. The number of urea groups is 1. The van der Waals surface area contributed by atoms with Gasteiger partial charge in [0.1, 0.15) is 0 Å². The smallest absolute Gasteiger partial charge is 0.317 e. The number of hydrogen-bond donors (Lipinski definition) is 2. The van der Waals surface area contributed by atoms with Crippen LogP contribution in [0.15, 0.2) is 11.6 Å². The molecule has 5 heteroatoms. The maximum Gasteiger partial charge on any atom is 0.317 e. The minimum absolute atomic E-state index is 0.0174. The molecule has 1 rings (SSSR count). The normalized spacial score (nSPS) is 17.1. The highest BCUT2D eigenvalue weighted by molar-refractivity contribution is 5.76. The fraction of sp³-hybridized carbons (Fsp3) is 0.750. The molecule has 0 saturated heterocycles. The lowest BCUT2D eigenvalue weighted by Crippen LogP contribution is -2.47. The van der Waals surface area contributed by atoms with Gasteiger partial charge in [0.25, 0.3) is 0 Å². The molecule has 21 heavy (non-hydrogen) atoms. The van der Waals surface area contributed by atoms with E-state index in [4.69, 9.17) is 5.11 Å². The summed E-state index contributed by atoms with van der Waals surface area (Å²) in [6, 6.07) is -0.438. The van der Waals surface area contributed by atoms with E-state index in [1.165, 1.54) is 5.57 Å². The van der Waals surface area contributed by atoms with Gasteiger partial charge in [0.15, 0.2) is 0 Å². The second-order valence-corrected chi connectivity index (χ2v) is 6.71. The average Bonchev–Trinajstić information content (AvgIpc) is 2.37. The highest BCUT2D eigenvalue weighted by Crippen LogP contribution is 2.30. The van der Waals surface area contributed by atoms with Crippen molar-refractivity contribution in [3.05, 3.63) is 11.6 Å². The number of amides is 2. The third kappa shape index (κ3) is 5.78. The zero-order valence-electron chi connectivity index (χ0n) is 13.6. The molecule has 0 fully saturated rings. The lowest BCUT2D eigenvalue weighted by atomic mass is 9.83. The minimum Gasteiger partial charge on any atom is -0.481 e. The maximum absolute atomic E-state index is 12.2. The second kappa shape index (κ2) is 7.48. The summed E-state index contributed by atoms with van der Waals surface area (Å²) in [6.45, 7) is 9.82. The van der Waals surface area contributed by atoms with Crippen LogP contribution in [0.5, 0.6) is 0 Å². The minimum atomic E-state index is -0.873. The molecule has 0 spiro atoms. The SMILES string of the molecule is CCCC(CC(=O)O)NC(=O)N1CC=C(C(C)(C)C)CC1. The first-order valence-corrected chi connectivity index (χ1v) is 7.70. The van der Waals surface area contributed by atoms with Crippen LogP contribution in [0.1, 0.15) is 53.4 Å². The Morgan fingerprint density at radius 1 is 1.43 bits per heavy atom. The Bertz CT molecular complexity index is 410. The number of carboxylic acid groups (broad SMARTS) is 1. The summed E-state index contributed by atoms with van der Waals surface area (Å²) in [5, 5.41) is 11.7. The number of carbonyl (C=O) groups is 2. The first-order valence-electron chi connectivity index (χ1n) is 7.70. The van der Waals surface area contributed by atoms with Crippen LogP contribution < -0.4 is 5.32 Å². The van der Waals surface area contributed by atoms with Crippen LogP contribution in [0.3, 0.4) is 0 Å². The van der Waals surface area contributed by atoms with Gasteiger partial charge in [0.2, 0.25) is 0 Å². The number of rotatable bonds is 5. The first-order chi connectivity index (χ1) is 9.74. The Morgan fingerprint density at radius 2 is 2.10 bits per heavy atom. The van der Waals surface area contributed by atoms with Crippen LogP contribution in [0.25, 0.3) is 0 Å². The summed E-state index contributed by atoms with van der Waals surface area (Å²) >= 11 is 0. The highest BCUT2D eigenvalue weighted by atomic mass is 16.4. The molecule has 1 aliphatic rings. The summed E-state index contributed by atoms with van der Waals surface area (Å²) in [6.07, 6.45) is 4.53. The van der Waals surface area contributed by atoms with Crippen molar-refractivity contribution in [2.45, 2.75) is 59.4 Å². The summed E-state index contributed by atoms with van der Waals surface area (Å²) in [5.41, 5.74) is 1.53. The lowest BCUT2D eigenvalue weighted by molar-refractivity contribution is -0.137. The van der Waals surface area contributed by atoms with Crippen molar-refractivity contribution in [3.8, 4) is 0 Å². The van der Waals surface area contributed by atoms with Crippen LogP contribution in [0.2, 0.25) is 0 Å². The molecule has 1 aliphatic heterocycles. The predicted molar refractivity (Wildman–Crippen MR) is 83.2 cm³/mol. The van der Waals surface area contributed by atoms with E-state index in [9.17, 15) is 9.59 Å². The van der Waals surface area contributed by atoms with E-state index in [-0.39, 0.29) is 23.9 Å². The molecule has 2 N–H and O–H groups in total. The molecule has 0 saturated carbocycles. The Labute approximate surface area is 127 Å². The summed E-state index contributed by atoms with van der Waals surface area (Å²) in [4.78, 5) is 24.8. The fourth-order valence-electron chi connectivity index (χ4n) is 2.59. The van der Waals surface area contributed by atoms with Crippen molar-refractivity contribution >= 4 is 12.0 Å². The van der Waals surface area contributed by atoms with E-state index in [2.05, 4.69) is 32.2 Å². The van der Waals surface area contributed by atoms with Crippen molar-refractivity contribution in [1.82, 2.24) is 10.2 Å². The standard InChI is InChI=1S/C16H28N2O3/c1-5-6-13(11-14(19)20)17-15(21)18-9-7-12(8-10-18)16(2,3)4/h7,13H,5-6,8-11H2,1-4H3,(H,17,21)(H,19,20). The maximum atomic E-state index is 12.2. The predicted octanol–water partition coefficient (Wildman–Crippen LogP) is 3.02. The summed E-state index contributed by atoms with van der Waals surface area (Å²) in [5.74, 6) is -0.873. The van der Waals surface area contributed by atoms with Crippen LogP contribution >= 0.6 is 0 Å². The van der Waals surface area contributed by atoms with Gasteiger partial charge in [-0.3, -0.25) is 4.79 Å². The quantitative estimate of drug-likeness (QED) is 0.766. The van der Waals surface area contributed by atoms with Crippen LogP contribution in [-0.4, -0.2) is 41.1 Å². The van der Waals surface area contributed by atoms with Gasteiger partial charge in [-0.25, -0.2) is 4.79 Å². The van der Waals surface area contributed by atoms with Gasteiger partial charge in [-0.05, 0) is 18.3 Å². The molecule has 0 aromatic carbocycles. The second-order valence-electron chi connectivity index (χ2n) is 6.71. The Hall–Kier alpha value is -1.52. The molecular formula is C16H28N2O3. The highest BCUT2D eigenvalue weighted by Gasteiger charge is 2.25. The van der Waals surface area contributed by atoms with E-state index in [1.54, 1.807) is 4.90 Å². The summed E-state index contributed by atoms with van der Waals surface area (Å²) < 4.78 is 0. The molecule has 0 aromatic rings. The molecule has 5 nitrogen and oxygen atoms in total. The molecule has 120 valence electrons. The molecule has 0 bridgehead atoms. The molecule has 2 amide bonds. The van der Waals surface area contributed by atoms with Crippen molar-refractivity contribution < 1.29 is 14.7 Å². The van der Waals surface area contributed by atoms with E-state index < -0.39 is 5.97 Å².